The topological polar surface area (TPSA) is 67.9 Å². The van der Waals surface area contributed by atoms with Crippen molar-refractivity contribution < 1.29 is 19.1 Å². The number of benzene rings is 4. The lowest BCUT2D eigenvalue weighted by atomic mass is 10.1. The second-order valence-corrected chi connectivity index (χ2v) is 9.04. The molecule has 0 radical (unpaired) electrons. The highest BCUT2D eigenvalue weighted by atomic mass is 32.1. The Morgan fingerprint density at radius 1 is 0.789 bits per heavy atom. The summed E-state index contributed by atoms with van der Waals surface area (Å²) < 4.78 is 11.7. The normalized spacial score (nSPS) is 14.4. The molecule has 0 aliphatic carbocycles. The molecule has 1 heterocycles. The van der Waals surface area contributed by atoms with Crippen molar-refractivity contribution >= 4 is 40.9 Å². The molecule has 2 amide bonds. The zero-order valence-electron chi connectivity index (χ0n) is 20.6. The highest BCUT2D eigenvalue weighted by Crippen LogP contribution is 2.27. The standard InChI is InChI=1S/C31H24N2O4S/c1-21-7-5-6-8-23(21)20-36-25-15-11-22(12-16-25)19-28-29(34)32-31(38)33(30(28)35)24-13-17-27(18-14-24)37-26-9-3-2-4-10-26/h2-19H,20H2,1H3,(H,32,34,38)/b28-19+. The number of nitrogens with one attached hydrogen (secondary N) is 1. The molecule has 4 aromatic carbocycles. The molecular weight excluding hydrogens is 496 g/mol. The lowest BCUT2D eigenvalue weighted by Crippen LogP contribution is -2.54. The molecule has 0 aromatic heterocycles. The van der Waals surface area contributed by atoms with Gasteiger partial charge in [0.25, 0.3) is 11.8 Å². The largest absolute Gasteiger partial charge is 0.489 e. The molecule has 1 fully saturated rings. The summed E-state index contributed by atoms with van der Waals surface area (Å²) in [6.07, 6.45) is 1.55. The third-order valence-electron chi connectivity index (χ3n) is 6.02. The Bertz CT molecular complexity index is 1510. The number of nitrogens with zero attached hydrogens (tertiary/aromatic N) is 1. The Labute approximate surface area is 226 Å². The van der Waals surface area contributed by atoms with Crippen molar-refractivity contribution in [3.05, 3.63) is 125 Å². The number of carbonyl (C=O) groups is 2. The molecule has 1 aliphatic heterocycles. The fourth-order valence-electron chi connectivity index (χ4n) is 3.94. The maximum Gasteiger partial charge on any atom is 0.270 e. The van der Waals surface area contributed by atoms with Crippen molar-refractivity contribution in [1.29, 1.82) is 0 Å². The van der Waals surface area contributed by atoms with Gasteiger partial charge in [0.15, 0.2) is 5.11 Å². The van der Waals surface area contributed by atoms with E-state index in [1.807, 2.05) is 73.7 Å². The van der Waals surface area contributed by atoms with Crippen molar-refractivity contribution in [1.82, 2.24) is 5.32 Å². The van der Waals surface area contributed by atoms with Crippen LogP contribution >= 0.6 is 12.2 Å². The third-order valence-corrected chi connectivity index (χ3v) is 6.31. The van der Waals surface area contributed by atoms with Gasteiger partial charge in [0.1, 0.15) is 29.4 Å². The first-order chi connectivity index (χ1) is 18.5. The van der Waals surface area contributed by atoms with E-state index in [9.17, 15) is 9.59 Å². The molecule has 0 spiro atoms. The Balaban J connectivity index is 1.30. The van der Waals surface area contributed by atoms with Gasteiger partial charge in [0.2, 0.25) is 0 Å². The monoisotopic (exact) mass is 520 g/mol. The van der Waals surface area contributed by atoms with Crippen LogP contribution in [0.5, 0.6) is 17.2 Å². The van der Waals surface area contributed by atoms with Gasteiger partial charge in [-0.1, -0.05) is 54.6 Å². The van der Waals surface area contributed by atoms with E-state index in [0.29, 0.717) is 35.1 Å². The van der Waals surface area contributed by atoms with Crippen LogP contribution < -0.4 is 19.7 Å². The van der Waals surface area contributed by atoms with Gasteiger partial charge in [0, 0.05) is 0 Å². The van der Waals surface area contributed by atoms with Crippen LogP contribution in [-0.4, -0.2) is 16.9 Å². The summed E-state index contributed by atoms with van der Waals surface area (Å²) in [7, 11) is 0. The minimum absolute atomic E-state index is 0.0169. The summed E-state index contributed by atoms with van der Waals surface area (Å²) in [4.78, 5) is 27.3. The maximum atomic E-state index is 13.3. The molecule has 188 valence electrons. The summed E-state index contributed by atoms with van der Waals surface area (Å²) in [6, 6.07) is 31.6. The third kappa shape index (κ3) is 5.63. The van der Waals surface area contributed by atoms with Crippen LogP contribution in [0.1, 0.15) is 16.7 Å². The van der Waals surface area contributed by atoms with Gasteiger partial charge in [-0.3, -0.25) is 19.8 Å². The lowest BCUT2D eigenvalue weighted by molar-refractivity contribution is -0.122. The van der Waals surface area contributed by atoms with E-state index in [4.69, 9.17) is 21.7 Å². The van der Waals surface area contributed by atoms with E-state index in [1.54, 1.807) is 42.5 Å². The molecular formula is C31H24N2O4S. The first kappa shape index (κ1) is 24.9. The predicted molar refractivity (Wildman–Crippen MR) is 151 cm³/mol. The molecule has 4 aromatic rings. The first-order valence-corrected chi connectivity index (χ1v) is 12.4. The summed E-state index contributed by atoms with van der Waals surface area (Å²) in [5, 5.41) is 2.63. The summed E-state index contributed by atoms with van der Waals surface area (Å²) in [5.74, 6) is 0.958. The van der Waals surface area contributed by atoms with Gasteiger partial charge in [-0.15, -0.1) is 0 Å². The van der Waals surface area contributed by atoms with Gasteiger partial charge >= 0.3 is 0 Å². The molecule has 0 bridgehead atoms. The zero-order valence-corrected chi connectivity index (χ0v) is 21.4. The van der Waals surface area contributed by atoms with Crippen molar-refractivity contribution in [2.24, 2.45) is 0 Å². The number of aryl methyl sites for hydroxylation is 1. The van der Waals surface area contributed by atoms with Crippen molar-refractivity contribution in [3.8, 4) is 17.2 Å². The Morgan fingerprint density at radius 2 is 1.42 bits per heavy atom. The van der Waals surface area contributed by atoms with Crippen LogP contribution in [0.15, 0.2) is 109 Å². The predicted octanol–water partition coefficient (Wildman–Crippen LogP) is 6.20. The number of hydrogen-bond donors (Lipinski definition) is 1. The van der Waals surface area contributed by atoms with Gasteiger partial charge in [-0.25, -0.2) is 0 Å². The van der Waals surface area contributed by atoms with Gasteiger partial charge in [-0.2, -0.15) is 0 Å². The molecule has 38 heavy (non-hydrogen) atoms. The van der Waals surface area contributed by atoms with Crippen molar-refractivity contribution in [2.45, 2.75) is 13.5 Å². The lowest BCUT2D eigenvalue weighted by Gasteiger charge is -2.29. The van der Waals surface area contributed by atoms with Crippen LogP contribution in [-0.2, 0) is 16.2 Å². The molecule has 1 saturated heterocycles. The number of anilines is 1. The molecule has 1 aliphatic rings. The fraction of sp³-hybridized carbons (Fsp3) is 0.0645. The molecule has 0 atom stereocenters. The van der Waals surface area contributed by atoms with E-state index in [0.717, 1.165) is 11.1 Å². The smallest absolute Gasteiger partial charge is 0.270 e. The number of amides is 2. The van der Waals surface area contributed by atoms with Crippen LogP contribution in [0, 0.1) is 6.92 Å². The zero-order chi connectivity index (χ0) is 26.5. The van der Waals surface area contributed by atoms with Crippen molar-refractivity contribution in [2.75, 3.05) is 4.90 Å². The Morgan fingerprint density at radius 3 is 2.13 bits per heavy atom. The second-order valence-electron chi connectivity index (χ2n) is 8.65. The summed E-state index contributed by atoms with van der Waals surface area (Å²) >= 11 is 5.31. The Hall–Kier alpha value is -4.75. The molecule has 6 nitrogen and oxygen atoms in total. The van der Waals surface area contributed by atoms with E-state index in [2.05, 4.69) is 5.32 Å². The second kappa shape index (κ2) is 11.1. The van der Waals surface area contributed by atoms with E-state index < -0.39 is 11.8 Å². The van der Waals surface area contributed by atoms with E-state index >= 15 is 0 Å². The van der Waals surface area contributed by atoms with Crippen LogP contribution in [0.4, 0.5) is 5.69 Å². The molecule has 0 unspecified atom stereocenters. The minimum atomic E-state index is -0.542. The van der Waals surface area contributed by atoms with Crippen LogP contribution in [0.3, 0.4) is 0 Å². The van der Waals surface area contributed by atoms with E-state index in [-0.39, 0.29) is 10.7 Å². The van der Waals surface area contributed by atoms with Crippen molar-refractivity contribution in [3.63, 3.8) is 0 Å². The first-order valence-electron chi connectivity index (χ1n) is 12.0. The van der Waals surface area contributed by atoms with Gasteiger partial charge < -0.3 is 9.47 Å². The van der Waals surface area contributed by atoms with E-state index in [1.165, 1.54) is 4.90 Å². The highest BCUT2D eigenvalue weighted by molar-refractivity contribution is 7.80. The van der Waals surface area contributed by atoms with Crippen LogP contribution in [0.2, 0.25) is 0 Å². The number of hydrogen-bond acceptors (Lipinski definition) is 5. The maximum absolute atomic E-state index is 13.3. The SMILES string of the molecule is Cc1ccccc1COc1ccc(/C=C2\C(=O)NC(=S)N(c3ccc(Oc4ccccc4)cc3)C2=O)cc1. The number of rotatable bonds is 7. The summed E-state index contributed by atoms with van der Waals surface area (Å²) in [6.45, 7) is 2.50. The highest BCUT2D eigenvalue weighted by Gasteiger charge is 2.34. The average Bonchev–Trinajstić information content (AvgIpc) is 2.93. The molecule has 0 saturated carbocycles. The molecule has 7 heteroatoms. The Kier molecular flexibility index (Phi) is 7.28. The molecule has 1 N–H and O–H groups in total. The average molecular weight is 521 g/mol. The minimum Gasteiger partial charge on any atom is -0.489 e. The number of para-hydroxylation sites is 1. The number of ether oxygens (including phenoxy) is 2. The number of carbonyl (C=O) groups excluding carboxylic acids is 2. The van der Waals surface area contributed by atoms with Gasteiger partial charge in [0.05, 0.1) is 5.69 Å². The molecule has 5 rings (SSSR count). The quantitative estimate of drug-likeness (QED) is 0.179. The summed E-state index contributed by atoms with van der Waals surface area (Å²) in [5.41, 5.74) is 3.46. The van der Waals surface area contributed by atoms with Gasteiger partial charge in [-0.05, 0) is 90.4 Å². The number of thiocarbonyl (C=S) groups is 1. The fourth-order valence-corrected chi connectivity index (χ4v) is 4.22. The van der Waals surface area contributed by atoms with Crippen LogP contribution in [0.25, 0.3) is 6.08 Å².